The van der Waals surface area contributed by atoms with E-state index in [-0.39, 0.29) is 29.3 Å². The van der Waals surface area contributed by atoms with E-state index in [0.29, 0.717) is 36.9 Å². The summed E-state index contributed by atoms with van der Waals surface area (Å²) in [5, 5.41) is 6.80. The number of carbonyl (C=O) groups is 2. The van der Waals surface area contributed by atoms with Gasteiger partial charge in [-0.2, -0.15) is 0 Å². The lowest BCUT2D eigenvalue weighted by Crippen LogP contribution is -2.62. The molecule has 5 unspecified atom stereocenters. The van der Waals surface area contributed by atoms with E-state index in [1.165, 1.54) is 50.7 Å². The van der Waals surface area contributed by atoms with E-state index >= 15 is 4.39 Å². The SMILES string of the molecule is CC1CCC(F)C2CC(C(=O)Nc3cc(F)cc(N4CC[C@H](N5CCN(C)C(=O)C5)C4)c3)NC12C1CCCCCCCC1. The number of likely N-dealkylation sites (N-methyl/N-ethyl adjacent to an activating group) is 1. The topological polar surface area (TPSA) is 67.9 Å². The zero-order valence-electron chi connectivity index (χ0n) is 26.1. The van der Waals surface area contributed by atoms with Crippen molar-refractivity contribution in [2.24, 2.45) is 17.8 Å². The van der Waals surface area contributed by atoms with Crippen LogP contribution in [0.4, 0.5) is 20.2 Å². The number of anilines is 2. The fourth-order valence-corrected chi connectivity index (χ4v) is 9.25. The molecule has 5 fully saturated rings. The van der Waals surface area contributed by atoms with Crippen molar-refractivity contribution in [2.75, 3.05) is 50.0 Å². The summed E-state index contributed by atoms with van der Waals surface area (Å²) in [6, 6.07) is 4.51. The maximum absolute atomic E-state index is 15.7. The van der Waals surface area contributed by atoms with Gasteiger partial charge in [-0.25, -0.2) is 8.78 Å². The molecular weight excluding hydrogens is 548 g/mol. The van der Waals surface area contributed by atoms with E-state index in [1.54, 1.807) is 4.90 Å². The molecule has 2 saturated carbocycles. The Bertz CT molecular complexity index is 1160. The lowest BCUT2D eigenvalue weighted by Gasteiger charge is -2.51. The van der Waals surface area contributed by atoms with Gasteiger partial charge in [-0.05, 0) is 68.6 Å². The number of carbonyl (C=O) groups excluding carboxylic acids is 2. The van der Waals surface area contributed by atoms with Crippen LogP contribution in [0.5, 0.6) is 0 Å². The van der Waals surface area contributed by atoms with Crippen LogP contribution in [0, 0.1) is 23.6 Å². The smallest absolute Gasteiger partial charge is 0.241 e. The molecule has 0 bridgehead atoms. The third-order valence-electron chi connectivity index (χ3n) is 11.7. The highest BCUT2D eigenvalue weighted by Crippen LogP contribution is 2.53. The van der Waals surface area contributed by atoms with Gasteiger partial charge in [0.15, 0.2) is 0 Å². The summed E-state index contributed by atoms with van der Waals surface area (Å²) >= 11 is 0. The first-order valence-corrected chi connectivity index (χ1v) is 17.0. The quantitative estimate of drug-likeness (QED) is 0.478. The van der Waals surface area contributed by atoms with Crippen LogP contribution in [0.2, 0.25) is 0 Å². The Morgan fingerprint density at radius 1 is 0.977 bits per heavy atom. The highest BCUT2D eigenvalue weighted by molar-refractivity contribution is 5.95. The van der Waals surface area contributed by atoms with Crippen molar-refractivity contribution in [3.63, 3.8) is 0 Å². The fraction of sp³-hybridized carbons (Fsp3) is 0.765. The van der Waals surface area contributed by atoms with Crippen LogP contribution < -0.4 is 15.5 Å². The number of fused-ring (bicyclic) bond motifs is 1. The van der Waals surface area contributed by atoms with E-state index in [2.05, 4.69) is 27.4 Å². The summed E-state index contributed by atoms with van der Waals surface area (Å²) < 4.78 is 30.6. The Balaban J connectivity index is 1.15. The zero-order valence-corrected chi connectivity index (χ0v) is 26.1. The Morgan fingerprint density at radius 3 is 2.47 bits per heavy atom. The number of benzene rings is 1. The molecule has 2 aliphatic carbocycles. The minimum Gasteiger partial charge on any atom is -0.370 e. The van der Waals surface area contributed by atoms with Crippen molar-refractivity contribution in [1.29, 1.82) is 0 Å². The second kappa shape index (κ2) is 13.0. The Hall–Kier alpha value is -2.26. The van der Waals surface area contributed by atoms with Crippen LogP contribution in [0.1, 0.15) is 84.0 Å². The molecule has 1 aromatic carbocycles. The number of hydrogen-bond acceptors (Lipinski definition) is 5. The molecule has 0 radical (unpaired) electrons. The summed E-state index contributed by atoms with van der Waals surface area (Å²) in [4.78, 5) is 32.2. The highest BCUT2D eigenvalue weighted by atomic mass is 19.1. The largest absolute Gasteiger partial charge is 0.370 e. The van der Waals surface area contributed by atoms with E-state index in [1.807, 2.05) is 13.1 Å². The number of nitrogens with zero attached hydrogens (tertiary/aromatic N) is 3. The van der Waals surface area contributed by atoms with Gasteiger partial charge in [0.2, 0.25) is 11.8 Å². The molecule has 6 rings (SSSR count). The summed E-state index contributed by atoms with van der Waals surface area (Å²) in [7, 11) is 1.84. The molecule has 3 aliphatic heterocycles. The average molecular weight is 600 g/mol. The van der Waals surface area contributed by atoms with Gasteiger partial charge < -0.3 is 15.1 Å². The molecule has 6 atom stereocenters. The van der Waals surface area contributed by atoms with Gasteiger partial charge in [0.1, 0.15) is 12.0 Å². The molecule has 0 spiro atoms. The number of piperazine rings is 1. The molecule has 2 N–H and O–H groups in total. The molecule has 0 aromatic heterocycles. The molecule has 9 heteroatoms. The minimum absolute atomic E-state index is 0.140. The van der Waals surface area contributed by atoms with Crippen LogP contribution >= 0.6 is 0 Å². The summed E-state index contributed by atoms with van der Waals surface area (Å²) in [6.07, 6.45) is 11.5. The first-order chi connectivity index (χ1) is 20.7. The summed E-state index contributed by atoms with van der Waals surface area (Å²) in [6.45, 7) is 5.76. The van der Waals surface area contributed by atoms with E-state index in [4.69, 9.17) is 0 Å². The van der Waals surface area contributed by atoms with Gasteiger partial charge in [0.05, 0.1) is 12.6 Å². The van der Waals surface area contributed by atoms with Crippen LogP contribution in [0.3, 0.4) is 0 Å². The van der Waals surface area contributed by atoms with Crippen molar-refractivity contribution in [2.45, 2.75) is 108 Å². The number of amides is 2. The van der Waals surface area contributed by atoms with Gasteiger partial charge in [-0.15, -0.1) is 0 Å². The maximum Gasteiger partial charge on any atom is 0.241 e. The highest BCUT2D eigenvalue weighted by Gasteiger charge is 2.59. The fourth-order valence-electron chi connectivity index (χ4n) is 9.25. The molecule has 1 aromatic rings. The Morgan fingerprint density at radius 2 is 1.72 bits per heavy atom. The lowest BCUT2D eigenvalue weighted by molar-refractivity contribution is -0.135. The van der Waals surface area contributed by atoms with E-state index in [9.17, 15) is 14.0 Å². The molecule has 7 nitrogen and oxygen atoms in total. The van der Waals surface area contributed by atoms with Crippen LogP contribution in [0.25, 0.3) is 0 Å². The molecule has 238 valence electrons. The first-order valence-electron chi connectivity index (χ1n) is 17.0. The zero-order chi connectivity index (χ0) is 30.1. The van der Waals surface area contributed by atoms with Gasteiger partial charge in [0, 0.05) is 62.1 Å². The summed E-state index contributed by atoms with van der Waals surface area (Å²) in [5.41, 5.74) is 0.828. The average Bonchev–Trinajstić information content (AvgIpc) is 3.66. The summed E-state index contributed by atoms with van der Waals surface area (Å²) in [5.74, 6) is 0.0838. The van der Waals surface area contributed by atoms with E-state index in [0.717, 1.165) is 57.5 Å². The number of hydrogen-bond donors (Lipinski definition) is 2. The standard InChI is InChI=1S/C34H51F2N5O2/c1-23-11-12-30(36)29-20-31(38-34(23,29)24-9-7-5-3-4-6-8-10-24)33(43)37-26-17-25(35)18-28(19-26)40-14-13-27(21-40)41-16-15-39(2)32(42)22-41/h17-19,23-24,27,29-31,38H,3-16,20-22H2,1-2H3,(H,37,43)/t23?,27-,29?,30?,31?,34?/m0/s1. The predicted molar refractivity (Wildman–Crippen MR) is 166 cm³/mol. The minimum atomic E-state index is -0.895. The third-order valence-corrected chi connectivity index (χ3v) is 11.7. The Labute approximate surface area is 256 Å². The van der Waals surface area contributed by atoms with Crippen LogP contribution in [-0.2, 0) is 9.59 Å². The molecule has 3 saturated heterocycles. The van der Waals surface area contributed by atoms with Gasteiger partial charge in [-0.1, -0.05) is 45.4 Å². The molecule has 43 heavy (non-hydrogen) atoms. The molecular formula is C34H51F2N5O2. The van der Waals surface area contributed by atoms with Crippen molar-refractivity contribution in [3.8, 4) is 0 Å². The van der Waals surface area contributed by atoms with Crippen LogP contribution in [0.15, 0.2) is 18.2 Å². The molecule has 5 aliphatic rings. The lowest BCUT2D eigenvalue weighted by atomic mass is 9.59. The number of halogens is 2. The normalized spacial score (nSPS) is 34.9. The van der Waals surface area contributed by atoms with E-state index < -0.39 is 18.0 Å². The maximum atomic E-state index is 15.7. The van der Waals surface area contributed by atoms with Gasteiger partial charge >= 0.3 is 0 Å². The number of nitrogens with one attached hydrogen (secondary N) is 2. The van der Waals surface area contributed by atoms with Gasteiger partial charge in [-0.3, -0.25) is 19.8 Å². The second-order valence-corrected chi connectivity index (χ2v) is 14.2. The second-order valence-electron chi connectivity index (χ2n) is 14.2. The monoisotopic (exact) mass is 599 g/mol. The number of rotatable bonds is 5. The molecule has 2 amide bonds. The predicted octanol–water partition coefficient (Wildman–Crippen LogP) is 5.35. The van der Waals surface area contributed by atoms with Gasteiger partial charge in [0.25, 0.3) is 0 Å². The van der Waals surface area contributed by atoms with Crippen molar-refractivity contribution >= 4 is 23.2 Å². The van der Waals surface area contributed by atoms with Crippen LogP contribution in [-0.4, -0.2) is 85.2 Å². The first kappa shape index (κ1) is 30.8. The number of alkyl halides is 1. The Kier molecular flexibility index (Phi) is 9.30. The van der Waals surface area contributed by atoms with Crippen molar-refractivity contribution in [1.82, 2.24) is 15.1 Å². The third kappa shape index (κ3) is 6.31. The van der Waals surface area contributed by atoms with Crippen molar-refractivity contribution < 1.29 is 18.4 Å². The molecule has 3 heterocycles. The van der Waals surface area contributed by atoms with Crippen molar-refractivity contribution in [3.05, 3.63) is 24.0 Å².